The molecule has 0 aliphatic rings. The van der Waals surface area contributed by atoms with Crippen molar-refractivity contribution in [1.82, 2.24) is 0 Å². The molecule has 0 unspecified atom stereocenters. The van der Waals surface area contributed by atoms with Crippen LogP contribution in [0.3, 0.4) is 0 Å². The minimum atomic E-state index is -0.284. The Morgan fingerprint density at radius 3 is 2.86 bits per heavy atom. The van der Waals surface area contributed by atoms with E-state index >= 15 is 0 Å². The van der Waals surface area contributed by atoms with Gasteiger partial charge in [-0.15, -0.1) is 0 Å². The summed E-state index contributed by atoms with van der Waals surface area (Å²) >= 11 is 4.74. The van der Waals surface area contributed by atoms with Crippen molar-refractivity contribution in [2.75, 3.05) is 6.26 Å². The summed E-state index contributed by atoms with van der Waals surface area (Å²) in [6.45, 7) is 0. The molecule has 2 rings (SSSR count). The third kappa shape index (κ3) is 1.72. The fraction of sp³-hybridized carbons (Fsp3) is 0.100. The van der Waals surface area contributed by atoms with E-state index in [1.54, 1.807) is 6.07 Å². The van der Waals surface area contributed by atoms with Gasteiger partial charge in [-0.2, -0.15) is 0 Å². The van der Waals surface area contributed by atoms with Crippen molar-refractivity contribution in [3.8, 4) is 0 Å². The quantitative estimate of drug-likeness (QED) is 0.745. The maximum atomic E-state index is 11.5. The first kappa shape index (κ1) is 9.80. The minimum absolute atomic E-state index is 0.284. The Kier molecular flexibility index (Phi) is 2.65. The van der Waals surface area contributed by atoms with Crippen molar-refractivity contribution in [3.63, 3.8) is 0 Å². The van der Waals surface area contributed by atoms with Gasteiger partial charge >= 0.3 is 5.63 Å². The molecule has 2 nitrogen and oxygen atoms in total. The van der Waals surface area contributed by atoms with Crippen LogP contribution in [0.15, 0.2) is 43.0 Å². The van der Waals surface area contributed by atoms with Gasteiger partial charge in [0.2, 0.25) is 0 Å². The first-order valence-corrected chi connectivity index (χ1v) is 6.00. The Balaban J connectivity index is 2.83. The fourth-order valence-corrected chi connectivity index (χ4v) is 2.00. The average molecular weight is 271 g/mol. The van der Waals surface area contributed by atoms with Crippen LogP contribution < -0.4 is 5.63 Å². The molecule has 0 saturated heterocycles. The molecule has 0 aliphatic carbocycles. The van der Waals surface area contributed by atoms with E-state index in [9.17, 15) is 4.79 Å². The van der Waals surface area contributed by atoms with Crippen molar-refractivity contribution in [2.24, 2.45) is 0 Å². The fourth-order valence-electron chi connectivity index (χ4n) is 1.23. The van der Waals surface area contributed by atoms with Crippen molar-refractivity contribution >= 4 is 38.5 Å². The van der Waals surface area contributed by atoms with Gasteiger partial charge in [0.1, 0.15) is 0 Å². The predicted octanol–water partition coefficient (Wildman–Crippen LogP) is 3.28. The summed E-state index contributed by atoms with van der Waals surface area (Å²) in [5.41, 5.74) is -0.284. The molecule has 1 heterocycles. The topological polar surface area (TPSA) is 30.2 Å². The van der Waals surface area contributed by atoms with Crippen LogP contribution in [0.2, 0.25) is 0 Å². The highest BCUT2D eigenvalue weighted by Gasteiger charge is 2.03. The highest BCUT2D eigenvalue weighted by molar-refractivity contribution is 9.10. The molecule has 0 fully saturated rings. The third-order valence-corrected chi connectivity index (χ3v) is 3.00. The molecule has 0 radical (unpaired) electrons. The molecule has 1 aromatic heterocycles. The van der Waals surface area contributed by atoms with Gasteiger partial charge in [-0.25, -0.2) is 4.79 Å². The number of hydrogen-bond acceptors (Lipinski definition) is 3. The molecule has 4 heteroatoms. The van der Waals surface area contributed by atoms with Crippen LogP contribution in [-0.4, -0.2) is 6.26 Å². The lowest BCUT2D eigenvalue weighted by molar-refractivity contribution is 0.430. The summed E-state index contributed by atoms with van der Waals surface area (Å²) in [4.78, 5) is 11.5. The lowest BCUT2D eigenvalue weighted by Crippen LogP contribution is -1.99. The average Bonchev–Trinajstić information content (AvgIpc) is 2.19. The van der Waals surface area contributed by atoms with E-state index in [1.165, 1.54) is 11.8 Å². The minimum Gasteiger partial charge on any atom is -0.416 e. The zero-order valence-electron chi connectivity index (χ0n) is 7.41. The molecule has 0 aliphatic heterocycles. The maximum Gasteiger partial charge on any atom is 0.344 e. The van der Waals surface area contributed by atoms with Gasteiger partial charge in [0.15, 0.2) is 5.09 Å². The molecule has 0 atom stereocenters. The van der Waals surface area contributed by atoms with Crippen molar-refractivity contribution in [1.29, 1.82) is 0 Å². The second-order valence-corrected chi connectivity index (χ2v) is 4.51. The van der Waals surface area contributed by atoms with Crippen molar-refractivity contribution in [2.45, 2.75) is 5.09 Å². The van der Waals surface area contributed by atoms with Crippen molar-refractivity contribution < 1.29 is 4.42 Å². The summed E-state index contributed by atoms with van der Waals surface area (Å²) in [6.07, 6.45) is 1.88. The summed E-state index contributed by atoms with van der Waals surface area (Å²) in [5.74, 6) is 0. The molecular formula is C10H7BrO2S. The summed E-state index contributed by atoms with van der Waals surface area (Å²) in [5, 5.41) is 2.16. The van der Waals surface area contributed by atoms with Crippen LogP contribution >= 0.6 is 27.7 Å². The number of thioether (sulfide) groups is 1. The third-order valence-electron chi connectivity index (χ3n) is 1.90. The molecule has 0 spiro atoms. The lowest BCUT2D eigenvalue weighted by atomic mass is 10.2. The lowest BCUT2D eigenvalue weighted by Gasteiger charge is -1.99. The summed E-state index contributed by atoms with van der Waals surface area (Å²) < 4.78 is 5.96. The number of fused-ring (bicyclic) bond motifs is 1. The highest BCUT2D eigenvalue weighted by atomic mass is 79.9. The Hall–Kier alpha value is -0.740. The van der Waals surface area contributed by atoms with Crippen LogP contribution in [0.4, 0.5) is 0 Å². The molecular weight excluding hydrogens is 264 g/mol. The van der Waals surface area contributed by atoms with E-state index in [0.29, 0.717) is 10.5 Å². The van der Waals surface area contributed by atoms with Gasteiger partial charge in [0.05, 0.1) is 5.39 Å². The van der Waals surface area contributed by atoms with E-state index in [0.717, 1.165) is 9.86 Å². The highest BCUT2D eigenvalue weighted by Crippen LogP contribution is 2.21. The zero-order chi connectivity index (χ0) is 10.1. The van der Waals surface area contributed by atoms with E-state index in [1.807, 2.05) is 24.5 Å². The summed E-state index contributed by atoms with van der Waals surface area (Å²) in [7, 11) is 0. The van der Waals surface area contributed by atoms with Crippen LogP contribution in [-0.2, 0) is 0 Å². The standard InChI is InChI=1S/C10H7BrO2S/c1-14-9-4-6-2-3-7(11)5-8(6)10(12)13-9/h2-5H,1H3. The monoisotopic (exact) mass is 270 g/mol. The zero-order valence-corrected chi connectivity index (χ0v) is 9.81. The normalized spacial score (nSPS) is 10.7. The largest absolute Gasteiger partial charge is 0.416 e. The van der Waals surface area contributed by atoms with Crippen LogP contribution in [0.1, 0.15) is 0 Å². The molecule has 72 valence electrons. The van der Waals surface area contributed by atoms with E-state index in [2.05, 4.69) is 15.9 Å². The van der Waals surface area contributed by atoms with Crippen LogP contribution in [0.5, 0.6) is 0 Å². The molecule has 0 bridgehead atoms. The first-order valence-electron chi connectivity index (χ1n) is 3.98. The van der Waals surface area contributed by atoms with Gasteiger partial charge in [0, 0.05) is 4.47 Å². The van der Waals surface area contributed by atoms with Gasteiger partial charge < -0.3 is 4.42 Å². The van der Waals surface area contributed by atoms with Crippen molar-refractivity contribution in [3.05, 3.63) is 39.2 Å². The Bertz CT molecular complexity index is 533. The molecule has 0 N–H and O–H groups in total. The van der Waals surface area contributed by atoms with Gasteiger partial charge in [-0.3, -0.25) is 0 Å². The maximum absolute atomic E-state index is 11.5. The smallest absolute Gasteiger partial charge is 0.344 e. The van der Waals surface area contributed by atoms with E-state index in [-0.39, 0.29) is 5.63 Å². The SMILES string of the molecule is CSc1cc2ccc(Br)cc2c(=O)o1. The Morgan fingerprint density at radius 2 is 2.14 bits per heavy atom. The van der Waals surface area contributed by atoms with Gasteiger partial charge in [-0.05, 0) is 29.8 Å². The molecule has 14 heavy (non-hydrogen) atoms. The van der Waals surface area contributed by atoms with Gasteiger partial charge in [-0.1, -0.05) is 33.8 Å². The second kappa shape index (κ2) is 3.79. The van der Waals surface area contributed by atoms with Crippen LogP contribution in [0.25, 0.3) is 10.8 Å². The molecule has 2 aromatic rings. The second-order valence-electron chi connectivity index (χ2n) is 2.79. The number of halogens is 1. The van der Waals surface area contributed by atoms with Gasteiger partial charge in [0.25, 0.3) is 0 Å². The molecule has 0 amide bonds. The first-order chi connectivity index (χ1) is 6.70. The van der Waals surface area contributed by atoms with Crippen LogP contribution in [0, 0.1) is 0 Å². The molecule has 0 saturated carbocycles. The Labute approximate surface area is 93.4 Å². The Morgan fingerprint density at radius 1 is 1.36 bits per heavy atom. The van der Waals surface area contributed by atoms with E-state index < -0.39 is 0 Å². The van der Waals surface area contributed by atoms with E-state index in [4.69, 9.17) is 4.42 Å². The number of benzene rings is 1. The number of rotatable bonds is 1. The molecule has 1 aromatic carbocycles. The predicted molar refractivity (Wildman–Crippen MR) is 62.0 cm³/mol. The summed E-state index contributed by atoms with van der Waals surface area (Å²) in [6, 6.07) is 7.45. The number of hydrogen-bond donors (Lipinski definition) is 0.